The van der Waals surface area contributed by atoms with Gasteiger partial charge in [-0.1, -0.05) is 24.3 Å². The van der Waals surface area contributed by atoms with Gasteiger partial charge in [-0.3, -0.25) is 0 Å². The second-order valence-corrected chi connectivity index (χ2v) is 6.85. The van der Waals surface area contributed by atoms with Crippen LogP contribution in [0.25, 0.3) is 0 Å². The van der Waals surface area contributed by atoms with E-state index in [4.69, 9.17) is 0 Å². The summed E-state index contributed by atoms with van der Waals surface area (Å²) < 4.78 is 1.13. The molecule has 0 amide bonds. The highest BCUT2D eigenvalue weighted by molar-refractivity contribution is 9.10. The minimum atomic E-state index is 0.413. The Balaban J connectivity index is 1.90. The van der Waals surface area contributed by atoms with Crippen molar-refractivity contribution in [1.82, 2.24) is 0 Å². The van der Waals surface area contributed by atoms with Gasteiger partial charge in [-0.05, 0) is 58.6 Å². The lowest BCUT2D eigenvalue weighted by Crippen LogP contribution is -2.16. The summed E-state index contributed by atoms with van der Waals surface area (Å²) in [5.41, 5.74) is 3.89. The summed E-state index contributed by atoms with van der Waals surface area (Å²) in [5.74, 6) is 1.18. The molecule has 1 aliphatic heterocycles. The number of halogens is 1. The molecule has 0 bridgehead atoms. The first kappa shape index (κ1) is 13.1. The first-order valence-electron chi connectivity index (χ1n) is 6.48. The van der Waals surface area contributed by atoms with E-state index in [0.717, 1.165) is 4.47 Å². The minimum Gasteiger partial charge on any atom is -0.377 e. The third kappa shape index (κ3) is 2.82. The van der Waals surface area contributed by atoms with E-state index in [9.17, 15) is 0 Å². The van der Waals surface area contributed by atoms with Crippen LogP contribution in [0.2, 0.25) is 0 Å². The molecule has 0 aromatic heterocycles. The number of hydrogen-bond donors (Lipinski definition) is 1. The second kappa shape index (κ2) is 5.59. The molecule has 19 heavy (non-hydrogen) atoms. The van der Waals surface area contributed by atoms with E-state index in [2.05, 4.69) is 70.6 Å². The number of nitrogens with one attached hydrogen (secondary N) is 1. The van der Waals surface area contributed by atoms with Crippen LogP contribution < -0.4 is 5.32 Å². The average Bonchev–Trinajstić information content (AvgIpc) is 2.43. The van der Waals surface area contributed by atoms with E-state index in [-0.39, 0.29) is 0 Å². The summed E-state index contributed by atoms with van der Waals surface area (Å²) in [7, 11) is 0. The number of anilines is 1. The monoisotopic (exact) mass is 333 g/mol. The fourth-order valence-electron chi connectivity index (χ4n) is 2.43. The maximum absolute atomic E-state index is 3.69. The maximum Gasteiger partial charge on any atom is 0.0533 e. The largest absolute Gasteiger partial charge is 0.377 e. The number of benzene rings is 2. The molecule has 2 aromatic rings. The average molecular weight is 334 g/mol. The van der Waals surface area contributed by atoms with Gasteiger partial charge in [-0.2, -0.15) is 0 Å². The highest BCUT2D eigenvalue weighted by atomic mass is 79.9. The first-order valence-corrected chi connectivity index (χ1v) is 8.26. The van der Waals surface area contributed by atoms with Crippen molar-refractivity contribution in [2.75, 3.05) is 11.1 Å². The van der Waals surface area contributed by atoms with Gasteiger partial charge in [0.15, 0.2) is 0 Å². The topological polar surface area (TPSA) is 12.0 Å². The molecule has 0 aliphatic carbocycles. The zero-order chi connectivity index (χ0) is 13.2. The summed E-state index contributed by atoms with van der Waals surface area (Å²) >= 11 is 5.59. The highest BCUT2D eigenvalue weighted by Gasteiger charge is 2.20. The molecule has 1 atom stereocenters. The normalized spacial score (nSPS) is 17.9. The number of aryl methyl sites for hydroxylation is 1. The van der Waals surface area contributed by atoms with E-state index in [1.54, 1.807) is 0 Å². The third-order valence-electron chi connectivity index (χ3n) is 3.41. The number of hydrogen-bond acceptors (Lipinski definition) is 2. The van der Waals surface area contributed by atoms with Crippen LogP contribution in [-0.4, -0.2) is 5.75 Å². The first-order chi connectivity index (χ1) is 9.24. The standard InChI is InChI=1S/C16H16BrNS/c1-11-6-7-13(17)15(10-11)18-14-8-9-19-16-5-3-2-4-12(14)16/h2-7,10,14,18H,8-9H2,1H3. The van der Waals surface area contributed by atoms with Crippen LogP contribution in [0.4, 0.5) is 5.69 Å². The molecule has 0 radical (unpaired) electrons. The van der Waals surface area contributed by atoms with Crippen LogP contribution >= 0.6 is 27.7 Å². The molecule has 0 saturated heterocycles. The number of rotatable bonds is 2. The van der Waals surface area contributed by atoms with Crippen LogP contribution in [0.5, 0.6) is 0 Å². The molecule has 0 fully saturated rings. The lowest BCUT2D eigenvalue weighted by atomic mass is 10.0. The number of fused-ring (bicyclic) bond motifs is 1. The van der Waals surface area contributed by atoms with Crippen molar-refractivity contribution in [3.05, 3.63) is 58.1 Å². The van der Waals surface area contributed by atoms with Gasteiger partial charge < -0.3 is 5.32 Å². The van der Waals surface area contributed by atoms with Crippen molar-refractivity contribution in [1.29, 1.82) is 0 Å². The van der Waals surface area contributed by atoms with Gasteiger partial charge in [0, 0.05) is 20.8 Å². The van der Waals surface area contributed by atoms with Crippen molar-refractivity contribution in [2.45, 2.75) is 24.3 Å². The van der Waals surface area contributed by atoms with E-state index in [1.165, 1.54) is 33.9 Å². The fourth-order valence-corrected chi connectivity index (χ4v) is 3.92. The van der Waals surface area contributed by atoms with E-state index in [1.807, 2.05) is 11.8 Å². The van der Waals surface area contributed by atoms with Crippen molar-refractivity contribution >= 4 is 33.4 Å². The van der Waals surface area contributed by atoms with Crippen molar-refractivity contribution in [2.24, 2.45) is 0 Å². The Hall–Kier alpha value is -0.930. The zero-order valence-electron chi connectivity index (χ0n) is 10.8. The predicted octanol–water partition coefficient (Wildman–Crippen LogP) is 5.41. The van der Waals surface area contributed by atoms with Gasteiger partial charge >= 0.3 is 0 Å². The van der Waals surface area contributed by atoms with Crippen molar-refractivity contribution < 1.29 is 0 Å². The molecule has 0 saturated carbocycles. The van der Waals surface area contributed by atoms with E-state index < -0.39 is 0 Å². The molecular weight excluding hydrogens is 318 g/mol. The lowest BCUT2D eigenvalue weighted by Gasteiger charge is -2.27. The van der Waals surface area contributed by atoms with Gasteiger partial charge in [-0.15, -0.1) is 11.8 Å². The summed E-state index contributed by atoms with van der Waals surface area (Å²) in [6.45, 7) is 2.13. The SMILES string of the molecule is Cc1ccc(Br)c(NC2CCSc3ccccc32)c1. The summed E-state index contributed by atoms with van der Waals surface area (Å²) in [5, 5.41) is 3.69. The quantitative estimate of drug-likeness (QED) is 0.788. The van der Waals surface area contributed by atoms with Gasteiger partial charge in [-0.25, -0.2) is 0 Å². The van der Waals surface area contributed by atoms with E-state index in [0.29, 0.717) is 6.04 Å². The zero-order valence-corrected chi connectivity index (χ0v) is 13.2. The molecule has 1 nitrogen and oxygen atoms in total. The van der Waals surface area contributed by atoms with Gasteiger partial charge in [0.2, 0.25) is 0 Å². The molecule has 1 N–H and O–H groups in total. The van der Waals surface area contributed by atoms with Crippen molar-refractivity contribution in [3.8, 4) is 0 Å². The Morgan fingerprint density at radius 1 is 1.21 bits per heavy atom. The Bertz CT molecular complexity index is 597. The Morgan fingerprint density at radius 2 is 2.05 bits per heavy atom. The molecule has 1 heterocycles. The summed E-state index contributed by atoms with van der Waals surface area (Å²) in [6.07, 6.45) is 1.17. The lowest BCUT2D eigenvalue weighted by molar-refractivity contribution is 0.728. The fraction of sp³-hybridized carbons (Fsp3) is 0.250. The molecule has 0 spiro atoms. The number of thioether (sulfide) groups is 1. The van der Waals surface area contributed by atoms with Gasteiger partial charge in [0.05, 0.1) is 6.04 Å². The van der Waals surface area contributed by atoms with Gasteiger partial charge in [0.25, 0.3) is 0 Å². The molecule has 2 aromatic carbocycles. The van der Waals surface area contributed by atoms with E-state index >= 15 is 0 Å². The predicted molar refractivity (Wildman–Crippen MR) is 87.0 cm³/mol. The molecular formula is C16H16BrNS. The van der Waals surface area contributed by atoms with Crippen molar-refractivity contribution in [3.63, 3.8) is 0 Å². The molecule has 3 rings (SSSR count). The summed E-state index contributed by atoms with van der Waals surface area (Å²) in [4.78, 5) is 1.41. The van der Waals surface area contributed by atoms with Crippen LogP contribution in [0.15, 0.2) is 51.8 Å². The van der Waals surface area contributed by atoms with Gasteiger partial charge in [0.1, 0.15) is 0 Å². The highest BCUT2D eigenvalue weighted by Crippen LogP contribution is 2.38. The molecule has 1 unspecified atom stereocenters. The maximum atomic E-state index is 3.69. The Labute approximate surface area is 126 Å². The van der Waals surface area contributed by atoms with Crippen LogP contribution in [0.1, 0.15) is 23.6 Å². The minimum absolute atomic E-state index is 0.413. The summed E-state index contributed by atoms with van der Waals surface area (Å²) in [6, 6.07) is 15.6. The van der Waals surface area contributed by atoms with Crippen LogP contribution in [-0.2, 0) is 0 Å². The molecule has 1 aliphatic rings. The Morgan fingerprint density at radius 3 is 2.95 bits per heavy atom. The molecule has 98 valence electrons. The Kier molecular flexibility index (Phi) is 3.85. The molecule has 3 heteroatoms. The second-order valence-electron chi connectivity index (χ2n) is 4.86. The van der Waals surface area contributed by atoms with Crippen LogP contribution in [0.3, 0.4) is 0 Å². The smallest absolute Gasteiger partial charge is 0.0533 e. The third-order valence-corrected chi connectivity index (χ3v) is 5.22. The van der Waals surface area contributed by atoms with Crippen LogP contribution in [0, 0.1) is 6.92 Å².